The van der Waals surface area contributed by atoms with Gasteiger partial charge in [0.25, 0.3) is 5.91 Å². The molecule has 0 heterocycles. The van der Waals surface area contributed by atoms with Gasteiger partial charge < -0.3 is 15.8 Å². The second-order valence-electron chi connectivity index (χ2n) is 4.43. The molecule has 0 atom stereocenters. The van der Waals surface area contributed by atoms with E-state index in [-0.39, 0.29) is 11.7 Å². The van der Waals surface area contributed by atoms with Crippen LogP contribution in [0.2, 0.25) is 0 Å². The Bertz CT molecular complexity index is 636. The maximum Gasteiger partial charge on any atom is 0.255 e. The molecular formula is C15H15FN2O2. The van der Waals surface area contributed by atoms with Crippen LogP contribution in [0.5, 0.6) is 5.75 Å². The Morgan fingerprint density at radius 1 is 1.25 bits per heavy atom. The zero-order chi connectivity index (χ0) is 14.7. The van der Waals surface area contributed by atoms with Gasteiger partial charge in [-0.05, 0) is 42.8 Å². The standard InChI is InChI=1S/C15H15FN2O2/c1-9-5-10(7-12(17)6-9)15(19)18-13-4-3-11(16)8-14(13)20-2/h3-8H,17H2,1-2H3,(H,18,19). The number of aryl methyl sites for hydroxylation is 1. The third kappa shape index (κ3) is 3.06. The van der Waals surface area contributed by atoms with Crippen molar-refractivity contribution in [1.29, 1.82) is 0 Å². The minimum atomic E-state index is -0.431. The van der Waals surface area contributed by atoms with Crippen molar-refractivity contribution < 1.29 is 13.9 Å². The summed E-state index contributed by atoms with van der Waals surface area (Å²) in [5.41, 5.74) is 7.96. The predicted octanol–water partition coefficient (Wildman–Crippen LogP) is 2.98. The lowest BCUT2D eigenvalue weighted by molar-refractivity contribution is 0.102. The smallest absolute Gasteiger partial charge is 0.255 e. The molecule has 0 saturated carbocycles. The molecular weight excluding hydrogens is 259 g/mol. The fourth-order valence-electron chi connectivity index (χ4n) is 1.91. The molecule has 104 valence electrons. The molecule has 0 aliphatic carbocycles. The maximum atomic E-state index is 13.1. The Morgan fingerprint density at radius 3 is 2.65 bits per heavy atom. The molecule has 20 heavy (non-hydrogen) atoms. The summed E-state index contributed by atoms with van der Waals surface area (Å²) < 4.78 is 18.1. The normalized spacial score (nSPS) is 10.2. The highest BCUT2D eigenvalue weighted by atomic mass is 19.1. The van der Waals surface area contributed by atoms with Gasteiger partial charge in [0, 0.05) is 17.3 Å². The van der Waals surface area contributed by atoms with Crippen molar-refractivity contribution in [3.63, 3.8) is 0 Å². The van der Waals surface area contributed by atoms with Crippen molar-refractivity contribution in [1.82, 2.24) is 0 Å². The van der Waals surface area contributed by atoms with Crippen molar-refractivity contribution in [2.75, 3.05) is 18.2 Å². The quantitative estimate of drug-likeness (QED) is 0.846. The number of nitrogen functional groups attached to an aromatic ring is 1. The molecule has 2 rings (SSSR count). The van der Waals surface area contributed by atoms with Crippen molar-refractivity contribution in [2.45, 2.75) is 6.92 Å². The summed E-state index contributed by atoms with van der Waals surface area (Å²) in [6.45, 7) is 1.85. The SMILES string of the molecule is COc1cc(F)ccc1NC(=O)c1cc(C)cc(N)c1. The summed E-state index contributed by atoms with van der Waals surface area (Å²) >= 11 is 0. The van der Waals surface area contributed by atoms with E-state index in [0.29, 0.717) is 16.9 Å². The summed E-state index contributed by atoms with van der Waals surface area (Å²) in [5, 5.41) is 2.67. The molecule has 2 aromatic rings. The Labute approximate surface area is 116 Å². The fourth-order valence-corrected chi connectivity index (χ4v) is 1.91. The van der Waals surface area contributed by atoms with Gasteiger partial charge in [-0.3, -0.25) is 4.79 Å². The van der Waals surface area contributed by atoms with Gasteiger partial charge >= 0.3 is 0 Å². The number of nitrogens with one attached hydrogen (secondary N) is 1. The van der Waals surface area contributed by atoms with E-state index in [1.807, 2.05) is 6.92 Å². The van der Waals surface area contributed by atoms with Gasteiger partial charge in [0.05, 0.1) is 12.8 Å². The van der Waals surface area contributed by atoms with Gasteiger partial charge in [-0.25, -0.2) is 4.39 Å². The van der Waals surface area contributed by atoms with E-state index >= 15 is 0 Å². The number of ether oxygens (including phenoxy) is 1. The molecule has 2 aromatic carbocycles. The number of hydrogen-bond donors (Lipinski definition) is 2. The predicted molar refractivity (Wildman–Crippen MR) is 76.5 cm³/mol. The highest BCUT2D eigenvalue weighted by Gasteiger charge is 2.11. The molecule has 0 radical (unpaired) electrons. The maximum absolute atomic E-state index is 13.1. The number of carbonyl (C=O) groups is 1. The van der Waals surface area contributed by atoms with Crippen LogP contribution >= 0.6 is 0 Å². The lowest BCUT2D eigenvalue weighted by Gasteiger charge is -2.11. The number of amides is 1. The van der Waals surface area contributed by atoms with Crippen LogP contribution < -0.4 is 15.8 Å². The van der Waals surface area contributed by atoms with Crippen LogP contribution in [-0.4, -0.2) is 13.0 Å². The highest BCUT2D eigenvalue weighted by Crippen LogP contribution is 2.25. The van der Waals surface area contributed by atoms with Crippen LogP contribution in [0.4, 0.5) is 15.8 Å². The van der Waals surface area contributed by atoms with Crippen molar-refractivity contribution in [3.05, 3.63) is 53.3 Å². The first-order valence-electron chi connectivity index (χ1n) is 6.01. The lowest BCUT2D eigenvalue weighted by atomic mass is 10.1. The van der Waals surface area contributed by atoms with E-state index in [2.05, 4.69) is 5.32 Å². The van der Waals surface area contributed by atoms with E-state index < -0.39 is 5.82 Å². The summed E-state index contributed by atoms with van der Waals surface area (Å²) in [5.74, 6) is -0.496. The number of benzene rings is 2. The fraction of sp³-hybridized carbons (Fsp3) is 0.133. The average molecular weight is 274 g/mol. The minimum absolute atomic E-state index is 0.263. The van der Waals surface area contributed by atoms with Crippen LogP contribution in [-0.2, 0) is 0 Å². The topological polar surface area (TPSA) is 64.3 Å². The van der Waals surface area contributed by atoms with Crippen molar-refractivity contribution in [2.24, 2.45) is 0 Å². The van der Waals surface area contributed by atoms with Gasteiger partial charge in [-0.1, -0.05) is 0 Å². The average Bonchev–Trinajstić information content (AvgIpc) is 2.39. The number of hydrogen-bond acceptors (Lipinski definition) is 3. The highest BCUT2D eigenvalue weighted by molar-refractivity contribution is 6.05. The van der Waals surface area contributed by atoms with Crippen LogP contribution in [0, 0.1) is 12.7 Å². The Kier molecular flexibility index (Phi) is 3.89. The Hall–Kier alpha value is -2.56. The third-order valence-electron chi connectivity index (χ3n) is 2.77. The largest absolute Gasteiger partial charge is 0.494 e. The lowest BCUT2D eigenvalue weighted by Crippen LogP contribution is -2.13. The molecule has 0 aromatic heterocycles. The van der Waals surface area contributed by atoms with Crippen LogP contribution in [0.15, 0.2) is 36.4 Å². The number of carbonyl (C=O) groups excluding carboxylic acids is 1. The summed E-state index contributed by atoms with van der Waals surface area (Å²) in [6, 6.07) is 8.99. The van der Waals surface area contributed by atoms with Gasteiger partial charge in [0.15, 0.2) is 0 Å². The number of nitrogens with two attached hydrogens (primary N) is 1. The molecule has 1 amide bonds. The van der Waals surface area contributed by atoms with Gasteiger partial charge in [0.2, 0.25) is 0 Å². The van der Waals surface area contributed by atoms with Gasteiger partial charge in [-0.2, -0.15) is 0 Å². The molecule has 0 saturated heterocycles. The molecule has 4 nitrogen and oxygen atoms in total. The van der Waals surface area contributed by atoms with E-state index in [9.17, 15) is 9.18 Å². The van der Waals surface area contributed by atoms with Crippen molar-refractivity contribution in [3.8, 4) is 5.75 Å². The Balaban J connectivity index is 2.27. The minimum Gasteiger partial charge on any atom is -0.494 e. The van der Waals surface area contributed by atoms with E-state index in [1.165, 1.54) is 25.3 Å². The van der Waals surface area contributed by atoms with E-state index in [4.69, 9.17) is 10.5 Å². The Morgan fingerprint density at radius 2 is 2.00 bits per heavy atom. The van der Waals surface area contributed by atoms with Crippen LogP contribution in [0.3, 0.4) is 0 Å². The second kappa shape index (κ2) is 5.61. The molecule has 0 fully saturated rings. The molecule has 0 bridgehead atoms. The molecule has 0 unspecified atom stereocenters. The van der Waals surface area contributed by atoms with E-state index in [0.717, 1.165) is 5.56 Å². The second-order valence-corrected chi connectivity index (χ2v) is 4.43. The monoisotopic (exact) mass is 274 g/mol. The van der Waals surface area contributed by atoms with Crippen LogP contribution in [0.25, 0.3) is 0 Å². The number of methoxy groups -OCH3 is 1. The molecule has 3 N–H and O–H groups in total. The zero-order valence-corrected chi connectivity index (χ0v) is 11.2. The first-order valence-corrected chi connectivity index (χ1v) is 6.01. The van der Waals surface area contributed by atoms with Crippen molar-refractivity contribution >= 4 is 17.3 Å². The zero-order valence-electron chi connectivity index (χ0n) is 11.2. The molecule has 5 heteroatoms. The van der Waals surface area contributed by atoms with Gasteiger partial charge in [-0.15, -0.1) is 0 Å². The molecule has 0 aliphatic rings. The summed E-state index contributed by atoms with van der Waals surface area (Å²) in [4.78, 5) is 12.2. The number of halogens is 1. The van der Waals surface area contributed by atoms with Crippen LogP contribution in [0.1, 0.15) is 15.9 Å². The third-order valence-corrected chi connectivity index (χ3v) is 2.77. The summed E-state index contributed by atoms with van der Waals surface area (Å²) in [7, 11) is 1.41. The van der Waals surface area contributed by atoms with Gasteiger partial charge in [0.1, 0.15) is 11.6 Å². The summed E-state index contributed by atoms with van der Waals surface area (Å²) in [6.07, 6.45) is 0. The first-order chi connectivity index (χ1) is 9.49. The molecule has 0 spiro atoms. The van der Waals surface area contributed by atoms with E-state index in [1.54, 1.807) is 18.2 Å². The number of anilines is 2. The first kappa shape index (κ1) is 13.9. The number of rotatable bonds is 3. The molecule has 0 aliphatic heterocycles.